The van der Waals surface area contributed by atoms with E-state index in [1.165, 1.54) is 14.7 Å². The molecule has 5 rings (SSSR count). The SMILES string of the molecule is Cc1ccccc1N1CCCn2c1nc1c2c(=O)n(CCCc2ccccc2)c(=O)n1C. The first-order chi connectivity index (χ1) is 15.6. The summed E-state index contributed by atoms with van der Waals surface area (Å²) in [5, 5.41) is 0. The fourth-order valence-corrected chi connectivity index (χ4v) is 4.64. The van der Waals surface area contributed by atoms with Crippen molar-refractivity contribution in [3.8, 4) is 0 Å². The van der Waals surface area contributed by atoms with Gasteiger partial charge in [-0.3, -0.25) is 13.9 Å². The van der Waals surface area contributed by atoms with Gasteiger partial charge in [0.1, 0.15) is 0 Å². The van der Waals surface area contributed by atoms with Gasteiger partial charge in [-0.15, -0.1) is 0 Å². The van der Waals surface area contributed by atoms with E-state index in [1.54, 1.807) is 7.05 Å². The predicted octanol–water partition coefficient (Wildman–Crippen LogP) is 3.38. The van der Waals surface area contributed by atoms with E-state index in [4.69, 9.17) is 4.98 Å². The highest BCUT2D eigenvalue weighted by molar-refractivity contribution is 5.77. The highest BCUT2D eigenvalue weighted by Gasteiger charge is 2.27. The second kappa shape index (κ2) is 8.15. The molecule has 1 aliphatic rings. The first-order valence-electron chi connectivity index (χ1n) is 11.1. The molecule has 0 saturated heterocycles. The molecule has 1 aliphatic heterocycles. The Morgan fingerprint density at radius 3 is 2.50 bits per heavy atom. The van der Waals surface area contributed by atoms with Crippen molar-refractivity contribution in [1.82, 2.24) is 18.7 Å². The Morgan fingerprint density at radius 1 is 0.969 bits per heavy atom. The summed E-state index contributed by atoms with van der Waals surface area (Å²) < 4.78 is 4.87. The van der Waals surface area contributed by atoms with Gasteiger partial charge >= 0.3 is 5.69 Å². The standard InChI is InChI=1S/C25H27N5O2/c1-18-10-6-7-14-20(18)28-16-9-17-29-21-22(26-24(28)29)27(2)25(32)30(23(21)31)15-8-13-19-11-4-3-5-12-19/h3-7,10-12,14H,8-9,13,15-17H2,1-2H3. The summed E-state index contributed by atoms with van der Waals surface area (Å²) >= 11 is 0. The second-order valence-corrected chi connectivity index (χ2v) is 8.41. The van der Waals surface area contributed by atoms with Crippen molar-refractivity contribution in [2.24, 2.45) is 7.05 Å². The highest BCUT2D eigenvalue weighted by Crippen LogP contribution is 2.32. The Hall–Kier alpha value is -3.61. The van der Waals surface area contributed by atoms with Crippen molar-refractivity contribution in [1.29, 1.82) is 0 Å². The lowest BCUT2D eigenvalue weighted by Crippen LogP contribution is -2.40. The fourth-order valence-electron chi connectivity index (χ4n) is 4.64. The summed E-state index contributed by atoms with van der Waals surface area (Å²) in [4.78, 5) is 33.4. The Labute approximate surface area is 186 Å². The molecule has 0 radical (unpaired) electrons. The third-order valence-electron chi connectivity index (χ3n) is 6.31. The van der Waals surface area contributed by atoms with Crippen LogP contribution in [0.2, 0.25) is 0 Å². The minimum absolute atomic E-state index is 0.249. The first kappa shape index (κ1) is 20.3. The van der Waals surface area contributed by atoms with E-state index in [-0.39, 0.29) is 11.2 Å². The molecule has 4 aromatic rings. The molecular formula is C25H27N5O2. The third-order valence-corrected chi connectivity index (χ3v) is 6.31. The lowest BCUT2D eigenvalue weighted by atomic mass is 10.1. The zero-order chi connectivity index (χ0) is 22.2. The van der Waals surface area contributed by atoms with Crippen LogP contribution in [0.3, 0.4) is 0 Å². The molecule has 0 fully saturated rings. The summed E-state index contributed by atoms with van der Waals surface area (Å²) in [7, 11) is 1.70. The smallest absolute Gasteiger partial charge is 0.312 e. The van der Waals surface area contributed by atoms with E-state index in [9.17, 15) is 9.59 Å². The molecule has 32 heavy (non-hydrogen) atoms. The average Bonchev–Trinajstić information content (AvgIpc) is 3.21. The number of fused-ring (bicyclic) bond motifs is 3. The molecule has 0 amide bonds. The predicted molar refractivity (Wildman–Crippen MR) is 127 cm³/mol. The summed E-state index contributed by atoms with van der Waals surface area (Å²) in [6.07, 6.45) is 2.45. The van der Waals surface area contributed by atoms with Gasteiger partial charge in [0.2, 0.25) is 5.95 Å². The first-order valence-corrected chi connectivity index (χ1v) is 11.1. The lowest BCUT2D eigenvalue weighted by molar-refractivity contribution is 0.565. The van der Waals surface area contributed by atoms with Crippen LogP contribution in [0, 0.1) is 6.92 Å². The number of imidazole rings is 1. The Balaban J connectivity index is 1.57. The van der Waals surface area contributed by atoms with E-state index in [1.807, 2.05) is 34.9 Å². The van der Waals surface area contributed by atoms with E-state index < -0.39 is 0 Å². The van der Waals surface area contributed by atoms with Crippen molar-refractivity contribution in [3.05, 3.63) is 86.6 Å². The van der Waals surface area contributed by atoms with Crippen LogP contribution in [0.4, 0.5) is 11.6 Å². The minimum Gasteiger partial charge on any atom is -0.312 e. The van der Waals surface area contributed by atoms with Gasteiger partial charge in [-0.1, -0.05) is 48.5 Å². The molecule has 0 saturated carbocycles. The van der Waals surface area contributed by atoms with Crippen LogP contribution < -0.4 is 16.1 Å². The van der Waals surface area contributed by atoms with E-state index in [0.717, 1.165) is 43.0 Å². The van der Waals surface area contributed by atoms with Gasteiger partial charge in [0.25, 0.3) is 5.56 Å². The molecule has 7 heteroatoms. The number of hydrogen-bond donors (Lipinski definition) is 0. The van der Waals surface area contributed by atoms with Gasteiger partial charge in [-0.05, 0) is 43.4 Å². The molecule has 3 heterocycles. The molecule has 0 atom stereocenters. The molecule has 164 valence electrons. The van der Waals surface area contributed by atoms with Crippen molar-refractivity contribution < 1.29 is 0 Å². The number of para-hydroxylation sites is 1. The van der Waals surface area contributed by atoms with Gasteiger partial charge < -0.3 is 9.47 Å². The summed E-state index contributed by atoms with van der Waals surface area (Å²) in [5.41, 5.74) is 3.84. The minimum atomic E-state index is -0.312. The number of anilines is 2. The molecule has 0 bridgehead atoms. The maximum Gasteiger partial charge on any atom is 0.332 e. The average molecular weight is 430 g/mol. The van der Waals surface area contributed by atoms with Crippen LogP contribution in [0.1, 0.15) is 24.0 Å². The fraction of sp³-hybridized carbons (Fsp3) is 0.320. The number of aryl methyl sites for hydroxylation is 4. The Kier molecular flexibility index (Phi) is 5.17. The van der Waals surface area contributed by atoms with Crippen molar-refractivity contribution >= 4 is 22.8 Å². The van der Waals surface area contributed by atoms with Gasteiger partial charge in [0.05, 0.1) is 0 Å². The quantitative estimate of drug-likeness (QED) is 0.488. The van der Waals surface area contributed by atoms with Gasteiger partial charge in [-0.2, -0.15) is 4.98 Å². The summed E-state index contributed by atoms with van der Waals surface area (Å²) in [6.45, 7) is 4.00. The summed E-state index contributed by atoms with van der Waals surface area (Å²) in [5.74, 6) is 0.731. The number of aromatic nitrogens is 4. The summed E-state index contributed by atoms with van der Waals surface area (Å²) in [6, 6.07) is 18.3. The monoisotopic (exact) mass is 429 g/mol. The van der Waals surface area contributed by atoms with Gasteiger partial charge in [0, 0.05) is 32.4 Å². The molecule has 7 nitrogen and oxygen atoms in total. The third kappa shape index (κ3) is 3.34. The topological polar surface area (TPSA) is 65.1 Å². The zero-order valence-electron chi connectivity index (χ0n) is 18.5. The maximum atomic E-state index is 13.5. The molecule has 2 aromatic heterocycles. The van der Waals surface area contributed by atoms with Crippen LogP contribution >= 0.6 is 0 Å². The van der Waals surface area contributed by atoms with Crippen LogP contribution in [-0.2, 0) is 26.6 Å². The van der Waals surface area contributed by atoms with Crippen LogP contribution in [0.15, 0.2) is 64.2 Å². The van der Waals surface area contributed by atoms with Crippen LogP contribution in [0.25, 0.3) is 11.2 Å². The second-order valence-electron chi connectivity index (χ2n) is 8.41. The molecule has 0 N–H and O–H groups in total. The zero-order valence-corrected chi connectivity index (χ0v) is 18.5. The molecule has 0 unspecified atom stereocenters. The number of benzene rings is 2. The van der Waals surface area contributed by atoms with Gasteiger partial charge in [0.15, 0.2) is 11.2 Å². The maximum absolute atomic E-state index is 13.5. The normalized spacial score (nSPS) is 13.5. The largest absolute Gasteiger partial charge is 0.332 e. The molecular weight excluding hydrogens is 402 g/mol. The molecule has 0 aliphatic carbocycles. The Morgan fingerprint density at radius 2 is 1.72 bits per heavy atom. The highest BCUT2D eigenvalue weighted by atomic mass is 16.2. The van der Waals surface area contributed by atoms with Crippen molar-refractivity contribution in [2.75, 3.05) is 11.4 Å². The molecule has 2 aromatic carbocycles. The number of hydrogen-bond acceptors (Lipinski definition) is 4. The van der Waals surface area contributed by atoms with E-state index >= 15 is 0 Å². The van der Waals surface area contributed by atoms with E-state index in [2.05, 4.69) is 36.1 Å². The lowest BCUT2D eigenvalue weighted by Gasteiger charge is -2.30. The van der Waals surface area contributed by atoms with Crippen LogP contribution in [-0.4, -0.2) is 25.2 Å². The Bertz CT molecular complexity index is 1400. The van der Waals surface area contributed by atoms with E-state index in [0.29, 0.717) is 24.3 Å². The van der Waals surface area contributed by atoms with Crippen molar-refractivity contribution in [3.63, 3.8) is 0 Å². The van der Waals surface area contributed by atoms with Crippen LogP contribution in [0.5, 0.6) is 0 Å². The van der Waals surface area contributed by atoms with Crippen molar-refractivity contribution in [2.45, 2.75) is 39.3 Å². The number of rotatable bonds is 5. The molecule has 0 spiro atoms. The van der Waals surface area contributed by atoms with Gasteiger partial charge in [-0.25, -0.2) is 4.79 Å². The number of nitrogens with zero attached hydrogens (tertiary/aromatic N) is 5.